The predicted molar refractivity (Wildman–Crippen MR) is 2.75 cm³/mol. The summed E-state index contributed by atoms with van der Waals surface area (Å²) in [5.41, 5.74) is 0. The zero-order valence-corrected chi connectivity index (χ0v) is 7.87. The third-order valence-corrected chi connectivity index (χ3v) is 0. The Labute approximate surface area is 106 Å². The summed E-state index contributed by atoms with van der Waals surface area (Å²) in [6, 6.07) is 0. The molecule has 1 radical (unpaired) electrons. The van der Waals surface area contributed by atoms with Gasteiger partial charge in [0, 0.05) is 0 Å². The molecule has 0 saturated heterocycles. The molecule has 4 nitrogen and oxygen atoms in total. The molecule has 0 saturated carbocycles. The molecule has 52 valence electrons. The van der Waals surface area contributed by atoms with Gasteiger partial charge in [-0.2, -0.15) is 0 Å². The Morgan fingerprint density at radius 2 is 0.778 bits per heavy atom. The van der Waals surface area contributed by atoms with Gasteiger partial charge in [-0.3, -0.25) is 0 Å². The van der Waals surface area contributed by atoms with Crippen molar-refractivity contribution in [2.75, 3.05) is 0 Å². The van der Waals surface area contributed by atoms with E-state index in [1.54, 1.807) is 0 Å². The van der Waals surface area contributed by atoms with Gasteiger partial charge >= 0.3 is 90.8 Å². The van der Waals surface area contributed by atoms with E-state index in [4.69, 9.17) is 3.87 Å². The summed E-state index contributed by atoms with van der Waals surface area (Å²) in [4.78, 5) is 0. The minimum atomic E-state index is 0. The Kier molecular flexibility index (Phi) is 1900. The van der Waals surface area contributed by atoms with Crippen LogP contribution >= 0.6 is 0 Å². The summed E-state index contributed by atoms with van der Waals surface area (Å²) in [5.74, 6) is 0. The molecule has 0 aliphatic rings. The van der Waals surface area contributed by atoms with Gasteiger partial charge in [-0.1, -0.05) is 0 Å². The van der Waals surface area contributed by atoms with Gasteiger partial charge in [0.05, 0.1) is 0 Å². The zero-order chi connectivity index (χ0) is 2.00. The van der Waals surface area contributed by atoms with E-state index in [-0.39, 0.29) is 87.7 Å². The Bertz CT molecular complexity index is 18.5. The van der Waals surface area contributed by atoms with E-state index in [1.165, 1.54) is 0 Å². The second kappa shape index (κ2) is 160. The molecule has 0 aromatic rings. The monoisotopic (exact) mass is 250 g/mol. The van der Waals surface area contributed by atoms with Crippen LogP contribution < -0.4 is 37.7 Å². The van der Waals surface area contributed by atoms with Gasteiger partial charge in [-0.15, -0.1) is 0 Å². The molecule has 0 spiro atoms. The van der Waals surface area contributed by atoms with Crippen LogP contribution in [0.3, 0.4) is 0 Å². The molecule has 0 bridgehead atoms. The second-order valence-corrected chi connectivity index (χ2v) is 0. The first-order valence-corrected chi connectivity index (χ1v) is 0.561. The van der Waals surface area contributed by atoms with Gasteiger partial charge in [-0.05, 0) is 0 Å². The van der Waals surface area contributed by atoms with Crippen LogP contribution in [0.5, 0.6) is 0 Å². The van der Waals surface area contributed by atoms with Crippen molar-refractivity contribution >= 4 is 0 Å². The summed E-state index contributed by atoms with van der Waals surface area (Å²) in [5, 5.41) is 0. The third-order valence-electron chi connectivity index (χ3n) is 0. The van der Waals surface area contributed by atoms with Gasteiger partial charge in [0.25, 0.3) is 0 Å². The van der Waals surface area contributed by atoms with E-state index in [0.717, 1.165) is 0 Å². The van der Waals surface area contributed by atoms with Gasteiger partial charge in [0.15, 0.2) is 0 Å². The van der Waals surface area contributed by atoms with Crippen LogP contribution in [0.1, 0.15) is 0 Å². The maximum atomic E-state index is 7.94. The van der Waals surface area contributed by atoms with Crippen molar-refractivity contribution in [3.05, 3.63) is 0 Å². The van der Waals surface area contributed by atoms with E-state index in [9.17, 15) is 0 Å². The third kappa shape index (κ3) is 128. The molecule has 0 heterocycles. The molecule has 9 heteroatoms. The summed E-state index contributed by atoms with van der Waals surface area (Å²) < 4.78 is 7.94. The molecule has 0 unspecified atom stereocenters. The molecular weight excluding hydrogens is 250 g/mol. The fraction of sp³-hybridized carbons (Fsp3) is 0. The Balaban J connectivity index is -0.000000000238. The van der Waals surface area contributed by atoms with E-state index >= 15 is 0 Å². The van der Waals surface area contributed by atoms with Crippen LogP contribution in [-0.2, 0) is 69.5 Å². The molecule has 0 N–H and O–H groups in total. The van der Waals surface area contributed by atoms with Crippen LogP contribution in [-0.4, -0.2) is 0 Å². The molecule has 0 amide bonds. The average molecular weight is 250 g/mol. The van der Waals surface area contributed by atoms with Gasteiger partial charge in [0.2, 0.25) is 0 Å². The summed E-state index contributed by atoms with van der Waals surface area (Å²) in [6.07, 6.45) is 0. The normalized spacial score (nSPS) is 0.556. The van der Waals surface area contributed by atoms with Crippen LogP contribution in [0.15, 0.2) is 0 Å². The van der Waals surface area contributed by atoms with E-state index < -0.39 is 0 Å². The minimum absolute atomic E-state index is 0. The average Bonchev–Trinajstić information content (AvgIpc) is 1.00. The molecule has 0 aliphatic heterocycles. The van der Waals surface area contributed by atoms with Crippen molar-refractivity contribution in [2.24, 2.45) is 0 Å². The molecular formula is CoLi2MnNiO4. The van der Waals surface area contributed by atoms with Crippen molar-refractivity contribution in [1.82, 2.24) is 0 Å². The van der Waals surface area contributed by atoms with Crippen molar-refractivity contribution in [1.29, 1.82) is 0 Å². The van der Waals surface area contributed by atoms with Crippen molar-refractivity contribution < 1.29 is 107 Å². The summed E-state index contributed by atoms with van der Waals surface area (Å²) >= 11 is 2.31. The van der Waals surface area contributed by atoms with Crippen LogP contribution in [0, 0.1) is 0 Å². The number of hydrogen-bond donors (Lipinski definition) is 0. The molecule has 0 aliphatic carbocycles. The first-order valence-electron chi connectivity index (χ1n) is 0.136. The summed E-state index contributed by atoms with van der Waals surface area (Å²) in [7, 11) is 0. The van der Waals surface area contributed by atoms with E-state index in [0.29, 0.717) is 0 Å². The van der Waals surface area contributed by atoms with Gasteiger partial charge < -0.3 is 16.4 Å². The van der Waals surface area contributed by atoms with E-state index in [1.807, 2.05) is 0 Å². The van der Waals surface area contributed by atoms with Gasteiger partial charge in [-0.25, -0.2) is 0 Å². The Morgan fingerprint density at radius 1 is 0.778 bits per heavy atom. The fourth-order valence-electron chi connectivity index (χ4n) is 0. The quantitative estimate of drug-likeness (QED) is 0.392. The van der Waals surface area contributed by atoms with Gasteiger partial charge in [0.1, 0.15) is 0 Å². The topological polar surface area (TPSA) is 103 Å². The SMILES string of the molecule is [Li+].[Li+].[Mn+2].[Ni+2].[O-2].[O-2].[O-2].[O]=[Co]. The number of rotatable bonds is 0. The fourth-order valence-corrected chi connectivity index (χ4v) is 0. The number of hydrogen-bond acceptors (Lipinski definition) is 1. The van der Waals surface area contributed by atoms with E-state index in [2.05, 4.69) is 15.7 Å². The van der Waals surface area contributed by atoms with Crippen LogP contribution in [0.25, 0.3) is 0 Å². The zero-order valence-electron chi connectivity index (χ0n) is 4.66. The molecule has 0 atom stereocenters. The second-order valence-electron chi connectivity index (χ2n) is 0. The molecule has 0 fully saturated rings. The first-order chi connectivity index (χ1) is 1.00. The molecule has 0 aromatic heterocycles. The first kappa shape index (κ1) is 107. The standard InChI is InChI=1S/Co.2Li.Mn.Ni.4O/q;2*+1;2*+2;;3*-2. The Morgan fingerprint density at radius 3 is 0.778 bits per heavy atom. The molecule has 0 rings (SSSR count). The van der Waals surface area contributed by atoms with Crippen LogP contribution in [0.2, 0.25) is 0 Å². The van der Waals surface area contributed by atoms with Crippen LogP contribution in [0.4, 0.5) is 0 Å². The molecule has 0 aromatic carbocycles. The van der Waals surface area contributed by atoms with Crippen molar-refractivity contribution in [3.63, 3.8) is 0 Å². The summed E-state index contributed by atoms with van der Waals surface area (Å²) in [6.45, 7) is 0. The maximum absolute atomic E-state index is 7.94. The molecule has 9 heavy (non-hydrogen) atoms. The Hall–Kier alpha value is 2.39. The van der Waals surface area contributed by atoms with Crippen molar-refractivity contribution in [2.45, 2.75) is 0 Å². The predicted octanol–water partition coefficient (Wildman–Crippen LogP) is -6.47. The van der Waals surface area contributed by atoms with Crippen molar-refractivity contribution in [3.8, 4) is 0 Å².